The van der Waals surface area contributed by atoms with Crippen LogP contribution < -0.4 is 0 Å². The Morgan fingerprint density at radius 2 is 2.11 bits per heavy atom. The van der Waals surface area contributed by atoms with Crippen LogP contribution in [-0.2, 0) is 9.53 Å². The Kier molecular flexibility index (Phi) is 4.85. The van der Waals surface area contributed by atoms with Crippen LogP contribution in [0.2, 0.25) is 0 Å². The van der Waals surface area contributed by atoms with Gasteiger partial charge in [-0.25, -0.2) is 0 Å². The van der Waals surface area contributed by atoms with E-state index < -0.39 is 0 Å². The van der Waals surface area contributed by atoms with Crippen molar-refractivity contribution >= 4 is 5.91 Å². The summed E-state index contributed by atoms with van der Waals surface area (Å²) in [6.45, 7) is 9.41. The van der Waals surface area contributed by atoms with Crippen LogP contribution in [0.1, 0.15) is 39.5 Å². The molecule has 2 saturated heterocycles. The van der Waals surface area contributed by atoms with Gasteiger partial charge < -0.3 is 9.64 Å². The van der Waals surface area contributed by atoms with Gasteiger partial charge in [0.1, 0.15) is 0 Å². The summed E-state index contributed by atoms with van der Waals surface area (Å²) >= 11 is 0. The minimum Gasteiger partial charge on any atom is -0.372 e. The summed E-state index contributed by atoms with van der Waals surface area (Å²) in [6.07, 6.45) is 3.94. The lowest BCUT2D eigenvalue weighted by molar-refractivity contribution is -0.135. The number of morpholine rings is 1. The highest BCUT2D eigenvalue weighted by atomic mass is 16.5. The lowest BCUT2D eigenvalue weighted by Crippen LogP contribution is -2.53. The fraction of sp³-hybridized carbons (Fsp3) is 0.933. The summed E-state index contributed by atoms with van der Waals surface area (Å²) in [5.74, 6) is 0.932. The van der Waals surface area contributed by atoms with Gasteiger partial charge in [0.15, 0.2) is 0 Å². The van der Waals surface area contributed by atoms with Crippen LogP contribution in [0.15, 0.2) is 0 Å². The number of nitrogens with zero attached hydrogens (tertiary/aromatic N) is 2. The third-order valence-corrected chi connectivity index (χ3v) is 4.86. The maximum absolute atomic E-state index is 11.5. The number of hydrogen-bond donors (Lipinski definition) is 0. The first-order chi connectivity index (χ1) is 9.08. The van der Waals surface area contributed by atoms with Gasteiger partial charge in [-0.15, -0.1) is 0 Å². The predicted molar refractivity (Wildman–Crippen MR) is 76.1 cm³/mol. The second-order valence-electron chi connectivity index (χ2n) is 6.15. The van der Waals surface area contributed by atoms with Gasteiger partial charge in [-0.3, -0.25) is 9.69 Å². The Labute approximate surface area is 117 Å². The highest BCUT2D eigenvalue weighted by molar-refractivity contribution is 5.76. The third kappa shape index (κ3) is 3.48. The van der Waals surface area contributed by atoms with E-state index in [0.29, 0.717) is 11.8 Å². The molecule has 0 aromatic rings. The molecule has 0 saturated carbocycles. The predicted octanol–water partition coefficient (Wildman–Crippen LogP) is 1.75. The fourth-order valence-corrected chi connectivity index (χ4v) is 3.37. The number of carbonyl (C=O) groups is 1. The molecule has 1 amide bonds. The molecule has 0 aromatic carbocycles. The van der Waals surface area contributed by atoms with Crippen molar-refractivity contribution in [1.29, 1.82) is 0 Å². The molecular formula is C15H28N2O2. The molecule has 2 fully saturated rings. The second kappa shape index (κ2) is 6.23. The molecule has 0 bridgehead atoms. The Bertz CT molecular complexity index is 315. The van der Waals surface area contributed by atoms with Gasteiger partial charge in [0.05, 0.1) is 12.2 Å². The average Bonchev–Trinajstić information content (AvgIpc) is 2.43. The van der Waals surface area contributed by atoms with Crippen molar-refractivity contribution in [2.45, 2.75) is 45.1 Å². The number of carbonyl (C=O) groups excluding carboxylic acids is 1. The molecule has 0 aliphatic carbocycles. The van der Waals surface area contributed by atoms with Gasteiger partial charge in [-0.05, 0) is 25.2 Å². The summed E-state index contributed by atoms with van der Waals surface area (Å²) in [5.41, 5.74) is 0.0641. The Morgan fingerprint density at radius 1 is 1.37 bits per heavy atom. The standard InChI is InChI=1S/C15H28N2O2/c1-4-15(5-2)12-17(8-9-19-15)11-13-6-7-14(18)16(3)10-13/h13H,4-12H2,1-3H3. The molecule has 0 aromatic heterocycles. The van der Waals surface area contributed by atoms with E-state index in [1.54, 1.807) is 0 Å². The summed E-state index contributed by atoms with van der Waals surface area (Å²) in [4.78, 5) is 16.0. The van der Waals surface area contributed by atoms with Gasteiger partial charge >= 0.3 is 0 Å². The molecule has 2 rings (SSSR count). The van der Waals surface area contributed by atoms with E-state index in [4.69, 9.17) is 4.74 Å². The Hall–Kier alpha value is -0.610. The first kappa shape index (κ1) is 14.8. The third-order valence-electron chi connectivity index (χ3n) is 4.86. The highest BCUT2D eigenvalue weighted by Crippen LogP contribution is 2.27. The van der Waals surface area contributed by atoms with Crippen LogP contribution >= 0.6 is 0 Å². The van der Waals surface area contributed by atoms with E-state index >= 15 is 0 Å². The second-order valence-corrected chi connectivity index (χ2v) is 6.15. The van der Waals surface area contributed by atoms with Crippen molar-refractivity contribution in [2.24, 2.45) is 5.92 Å². The molecule has 1 atom stereocenters. The summed E-state index contributed by atoms with van der Waals surface area (Å²) in [6, 6.07) is 0. The number of piperidine rings is 1. The molecule has 2 aliphatic heterocycles. The minimum absolute atomic E-state index is 0.0641. The molecule has 19 heavy (non-hydrogen) atoms. The van der Waals surface area contributed by atoms with Crippen LogP contribution in [0.5, 0.6) is 0 Å². The van der Waals surface area contributed by atoms with Crippen molar-refractivity contribution in [1.82, 2.24) is 9.80 Å². The molecule has 4 nitrogen and oxygen atoms in total. The molecule has 0 N–H and O–H groups in total. The topological polar surface area (TPSA) is 32.8 Å². The zero-order valence-electron chi connectivity index (χ0n) is 12.7. The first-order valence-electron chi connectivity index (χ1n) is 7.69. The van der Waals surface area contributed by atoms with Crippen LogP contribution in [-0.4, -0.2) is 61.1 Å². The quantitative estimate of drug-likeness (QED) is 0.778. The summed E-state index contributed by atoms with van der Waals surface area (Å²) < 4.78 is 6.02. The zero-order valence-corrected chi connectivity index (χ0v) is 12.7. The van der Waals surface area contributed by atoms with E-state index in [9.17, 15) is 4.79 Å². The number of ether oxygens (including phenoxy) is 1. The van der Waals surface area contributed by atoms with E-state index in [-0.39, 0.29) is 5.60 Å². The minimum atomic E-state index is 0.0641. The van der Waals surface area contributed by atoms with Crippen LogP contribution in [0.25, 0.3) is 0 Å². The van der Waals surface area contributed by atoms with Crippen molar-refractivity contribution < 1.29 is 9.53 Å². The van der Waals surface area contributed by atoms with Gasteiger partial charge in [-0.2, -0.15) is 0 Å². The van der Waals surface area contributed by atoms with Crippen molar-refractivity contribution in [3.8, 4) is 0 Å². The number of rotatable bonds is 4. The maximum atomic E-state index is 11.5. The molecule has 2 aliphatic rings. The van der Waals surface area contributed by atoms with Crippen molar-refractivity contribution in [2.75, 3.05) is 39.8 Å². The van der Waals surface area contributed by atoms with E-state index in [1.807, 2.05) is 11.9 Å². The first-order valence-corrected chi connectivity index (χ1v) is 7.69. The maximum Gasteiger partial charge on any atom is 0.222 e. The van der Waals surface area contributed by atoms with Crippen molar-refractivity contribution in [3.05, 3.63) is 0 Å². The monoisotopic (exact) mass is 268 g/mol. The molecule has 1 unspecified atom stereocenters. The van der Waals surface area contributed by atoms with Crippen LogP contribution in [0.3, 0.4) is 0 Å². The van der Waals surface area contributed by atoms with Crippen molar-refractivity contribution in [3.63, 3.8) is 0 Å². The van der Waals surface area contributed by atoms with E-state index in [0.717, 1.165) is 58.5 Å². The largest absolute Gasteiger partial charge is 0.372 e. The fourth-order valence-electron chi connectivity index (χ4n) is 3.37. The van der Waals surface area contributed by atoms with Gasteiger partial charge in [0.2, 0.25) is 5.91 Å². The normalized spacial score (nSPS) is 28.7. The molecular weight excluding hydrogens is 240 g/mol. The Balaban J connectivity index is 1.87. The van der Waals surface area contributed by atoms with Gasteiger partial charge in [0.25, 0.3) is 0 Å². The van der Waals surface area contributed by atoms with E-state index in [1.165, 1.54) is 0 Å². The Morgan fingerprint density at radius 3 is 2.74 bits per heavy atom. The zero-order chi connectivity index (χ0) is 13.9. The highest BCUT2D eigenvalue weighted by Gasteiger charge is 2.34. The summed E-state index contributed by atoms with van der Waals surface area (Å²) in [7, 11) is 1.93. The SMILES string of the molecule is CCC1(CC)CN(CC2CCC(=O)N(C)C2)CCO1. The molecule has 4 heteroatoms. The molecule has 110 valence electrons. The lowest BCUT2D eigenvalue weighted by Gasteiger charge is -2.44. The smallest absolute Gasteiger partial charge is 0.222 e. The molecule has 2 heterocycles. The molecule has 0 spiro atoms. The number of hydrogen-bond acceptors (Lipinski definition) is 3. The molecule has 0 radical (unpaired) electrons. The summed E-state index contributed by atoms with van der Waals surface area (Å²) in [5, 5.41) is 0. The van der Waals surface area contributed by atoms with Gasteiger partial charge in [0, 0.05) is 39.6 Å². The van der Waals surface area contributed by atoms with Crippen LogP contribution in [0.4, 0.5) is 0 Å². The number of amides is 1. The number of likely N-dealkylation sites (tertiary alicyclic amines) is 1. The van der Waals surface area contributed by atoms with E-state index in [2.05, 4.69) is 18.7 Å². The van der Waals surface area contributed by atoms with Gasteiger partial charge in [-0.1, -0.05) is 13.8 Å². The lowest BCUT2D eigenvalue weighted by atomic mass is 9.92. The average molecular weight is 268 g/mol. The van der Waals surface area contributed by atoms with Crippen LogP contribution in [0, 0.1) is 5.92 Å².